The average Bonchev–Trinajstić information content (AvgIpc) is 2.22. The first-order valence-electron chi connectivity index (χ1n) is 4.52. The van der Waals surface area contributed by atoms with E-state index in [9.17, 15) is 4.79 Å². The summed E-state index contributed by atoms with van der Waals surface area (Å²) in [7, 11) is 0. The van der Waals surface area contributed by atoms with Crippen LogP contribution < -0.4 is 5.32 Å². The second-order valence-corrected chi connectivity index (χ2v) is 3.27. The van der Waals surface area contributed by atoms with Gasteiger partial charge in [-0.1, -0.05) is 18.2 Å². The Morgan fingerprint density at radius 3 is 2.60 bits per heavy atom. The van der Waals surface area contributed by atoms with Crippen LogP contribution in [0.1, 0.15) is 6.92 Å². The van der Waals surface area contributed by atoms with Crippen molar-refractivity contribution in [1.29, 1.82) is 0 Å². The maximum Gasteiger partial charge on any atom is 0.354 e. The van der Waals surface area contributed by atoms with Gasteiger partial charge in [-0.2, -0.15) is 0 Å². The molecule has 0 saturated carbocycles. The van der Waals surface area contributed by atoms with Crippen molar-refractivity contribution >= 4 is 23.3 Å². The van der Waals surface area contributed by atoms with E-state index in [2.05, 4.69) is 11.9 Å². The average molecular weight is 226 g/mol. The molecule has 1 rings (SSSR count). The van der Waals surface area contributed by atoms with Crippen LogP contribution in [0.25, 0.3) is 0 Å². The number of esters is 1. The van der Waals surface area contributed by atoms with E-state index in [1.807, 2.05) is 0 Å². The molecular weight excluding hydrogens is 214 g/mol. The minimum Gasteiger partial charge on any atom is -0.461 e. The molecular formula is C11H12ClNO2. The topological polar surface area (TPSA) is 38.3 Å². The highest BCUT2D eigenvalue weighted by molar-refractivity contribution is 6.30. The summed E-state index contributed by atoms with van der Waals surface area (Å²) < 4.78 is 4.77. The van der Waals surface area contributed by atoms with Crippen LogP contribution in [0.4, 0.5) is 5.69 Å². The van der Waals surface area contributed by atoms with E-state index >= 15 is 0 Å². The number of hydrogen-bond acceptors (Lipinski definition) is 3. The number of carbonyl (C=O) groups excluding carboxylic acids is 1. The van der Waals surface area contributed by atoms with Gasteiger partial charge in [0.15, 0.2) is 0 Å². The maximum absolute atomic E-state index is 11.2. The molecule has 0 aliphatic rings. The summed E-state index contributed by atoms with van der Waals surface area (Å²) >= 11 is 5.72. The molecule has 0 heterocycles. The summed E-state index contributed by atoms with van der Waals surface area (Å²) in [6.07, 6.45) is 0. The molecule has 1 N–H and O–H groups in total. The zero-order chi connectivity index (χ0) is 11.3. The Hall–Kier alpha value is -1.48. The summed E-state index contributed by atoms with van der Waals surface area (Å²) in [5.41, 5.74) is 0.955. The molecule has 0 atom stereocenters. The zero-order valence-corrected chi connectivity index (χ0v) is 9.17. The second-order valence-electron chi connectivity index (χ2n) is 2.83. The minimum atomic E-state index is -0.451. The molecule has 0 aliphatic carbocycles. The molecule has 0 unspecified atom stereocenters. The zero-order valence-electron chi connectivity index (χ0n) is 8.42. The molecule has 0 radical (unpaired) electrons. The summed E-state index contributed by atoms with van der Waals surface area (Å²) in [5, 5.41) is 3.47. The highest BCUT2D eigenvalue weighted by Crippen LogP contribution is 2.14. The minimum absolute atomic E-state index is 0.208. The number of anilines is 1. The number of ether oxygens (including phenoxy) is 1. The SMILES string of the molecule is C=C(Nc1ccc(Cl)cc1)C(=O)OCC. The van der Waals surface area contributed by atoms with Gasteiger partial charge in [0, 0.05) is 10.7 Å². The monoisotopic (exact) mass is 225 g/mol. The van der Waals surface area contributed by atoms with Crippen LogP contribution >= 0.6 is 11.6 Å². The Kier molecular flexibility index (Phi) is 4.18. The van der Waals surface area contributed by atoms with E-state index in [0.717, 1.165) is 5.69 Å². The molecule has 0 aliphatic heterocycles. The number of carbonyl (C=O) groups is 1. The van der Waals surface area contributed by atoms with Crippen molar-refractivity contribution in [2.75, 3.05) is 11.9 Å². The molecule has 80 valence electrons. The predicted octanol–water partition coefficient (Wildman–Crippen LogP) is 2.83. The predicted molar refractivity (Wildman–Crippen MR) is 60.8 cm³/mol. The lowest BCUT2D eigenvalue weighted by Crippen LogP contribution is -2.13. The third-order valence-electron chi connectivity index (χ3n) is 1.66. The summed E-state index contributed by atoms with van der Waals surface area (Å²) in [6.45, 7) is 5.65. The van der Waals surface area contributed by atoms with Crippen LogP contribution in [0.2, 0.25) is 5.02 Å². The highest BCUT2D eigenvalue weighted by atomic mass is 35.5. The first-order valence-corrected chi connectivity index (χ1v) is 4.90. The van der Waals surface area contributed by atoms with Gasteiger partial charge in [0.05, 0.1) is 6.61 Å². The van der Waals surface area contributed by atoms with Gasteiger partial charge in [0.1, 0.15) is 5.70 Å². The van der Waals surface area contributed by atoms with Gasteiger partial charge in [-0.15, -0.1) is 0 Å². The Morgan fingerprint density at radius 1 is 1.47 bits per heavy atom. The molecule has 0 saturated heterocycles. The van der Waals surface area contributed by atoms with Gasteiger partial charge in [-0.25, -0.2) is 4.79 Å². The third kappa shape index (κ3) is 3.64. The van der Waals surface area contributed by atoms with Gasteiger partial charge in [-0.3, -0.25) is 0 Å². The van der Waals surface area contributed by atoms with Crippen molar-refractivity contribution in [1.82, 2.24) is 0 Å². The van der Waals surface area contributed by atoms with Crippen molar-refractivity contribution < 1.29 is 9.53 Å². The van der Waals surface area contributed by atoms with Crippen LogP contribution in [0.3, 0.4) is 0 Å². The first-order chi connectivity index (χ1) is 7.13. The summed E-state index contributed by atoms with van der Waals surface area (Å²) in [4.78, 5) is 11.2. The lowest BCUT2D eigenvalue weighted by molar-refractivity contribution is -0.138. The van der Waals surface area contributed by atoms with Crippen LogP contribution in [0, 0.1) is 0 Å². The van der Waals surface area contributed by atoms with Crippen LogP contribution in [-0.4, -0.2) is 12.6 Å². The Balaban J connectivity index is 2.58. The smallest absolute Gasteiger partial charge is 0.354 e. The molecule has 0 fully saturated rings. The largest absolute Gasteiger partial charge is 0.461 e. The van der Waals surface area contributed by atoms with E-state index < -0.39 is 5.97 Å². The molecule has 4 heteroatoms. The fourth-order valence-corrected chi connectivity index (χ4v) is 1.10. The number of benzene rings is 1. The number of rotatable bonds is 4. The first kappa shape index (κ1) is 11.6. The van der Waals surface area contributed by atoms with Gasteiger partial charge in [0.25, 0.3) is 0 Å². The van der Waals surface area contributed by atoms with Crippen LogP contribution in [0.5, 0.6) is 0 Å². The molecule has 1 aromatic carbocycles. The Morgan fingerprint density at radius 2 is 2.07 bits per heavy atom. The van der Waals surface area contributed by atoms with E-state index in [4.69, 9.17) is 16.3 Å². The fourth-order valence-electron chi connectivity index (χ4n) is 0.977. The normalized spacial score (nSPS) is 9.47. The van der Waals surface area contributed by atoms with Crippen molar-refractivity contribution in [2.45, 2.75) is 6.92 Å². The van der Waals surface area contributed by atoms with E-state index in [1.54, 1.807) is 31.2 Å². The van der Waals surface area contributed by atoms with Crippen molar-refractivity contribution in [3.8, 4) is 0 Å². The third-order valence-corrected chi connectivity index (χ3v) is 1.91. The van der Waals surface area contributed by atoms with Gasteiger partial charge in [0.2, 0.25) is 0 Å². The summed E-state index contributed by atoms with van der Waals surface area (Å²) in [5.74, 6) is -0.451. The molecule has 0 spiro atoms. The molecule has 3 nitrogen and oxygen atoms in total. The van der Waals surface area contributed by atoms with Gasteiger partial charge >= 0.3 is 5.97 Å². The van der Waals surface area contributed by atoms with E-state index in [1.165, 1.54) is 0 Å². The quantitative estimate of drug-likeness (QED) is 0.633. The Labute approximate surface area is 93.7 Å². The molecule has 0 bridgehead atoms. The lowest BCUT2D eigenvalue weighted by Gasteiger charge is -2.08. The molecule has 0 amide bonds. The van der Waals surface area contributed by atoms with E-state index in [-0.39, 0.29) is 5.70 Å². The number of hydrogen-bond donors (Lipinski definition) is 1. The van der Waals surface area contributed by atoms with Crippen LogP contribution in [0.15, 0.2) is 36.5 Å². The fraction of sp³-hybridized carbons (Fsp3) is 0.182. The second kappa shape index (κ2) is 5.41. The molecule has 1 aromatic rings. The van der Waals surface area contributed by atoms with E-state index in [0.29, 0.717) is 11.6 Å². The standard InChI is InChI=1S/C11H12ClNO2/c1-3-15-11(14)8(2)13-10-6-4-9(12)5-7-10/h4-7,13H,2-3H2,1H3. The van der Waals surface area contributed by atoms with Crippen molar-refractivity contribution in [3.05, 3.63) is 41.6 Å². The Bertz CT molecular complexity index is 359. The number of nitrogens with one attached hydrogen (secondary N) is 1. The van der Waals surface area contributed by atoms with Gasteiger partial charge in [-0.05, 0) is 31.2 Å². The van der Waals surface area contributed by atoms with Crippen LogP contribution in [-0.2, 0) is 9.53 Å². The lowest BCUT2D eigenvalue weighted by atomic mass is 10.3. The summed E-state index contributed by atoms with van der Waals surface area (Å²) in [6, 6.07) is 6.96. The van der Waals surface area contributed by atoms with Gasteiger partial charge < -0.3 is 10.1 Å². The molecule has 15 heavy (non-hydrogen) atoms. The van der Waals surface area contributed by atoms with Crippen molar-refractivity contribution in [3.63, 3.8) is 0 Å². The maximum atomic E-state index is 11.2. The number of halogens is 1. The molecule has 0 aromatic heterocycles. The van der Waals surface area contributed by atoms with Crippen molar-refractivity contribution in [2.24, 2.45) is 0 Å². The highest BCUT2D eigenvalue weighted by Gasteiger charge is 2.06.